The topological polar surface area (TPSA) is 35.6 Å². The number of nitrogens with one attached hydrogen (secondary N) is 1. The van der Waals surface area contributed by atoms with Gasteiger partial charge in [-0.05, 0) is 68.1 Å². The predicted molar refractivity (Wildman–Crippen MR) is 113 cm³/mol. The maximum Gasteiger partial charge on any atom is 0.225 e. The molecule has 1 N–H and O–H groups in total. The number of carbonyl (C=O) groups excluding carboxylic acids is 1. The standard InChI is InChI=1S/C23H31N3O/c1-25(2)22-10-8-21(9-11-22)24-23(27)14-17-26-15-12-20(13-16-26)18-19-6-4-3-5-7-19/h3-11,20H,12-18H2,1-2H3,(H,24,27). The van der Waals surface area contributed by atoms with Crippen molar-refractivity contribution in [3.05, 3.63) is 60.2 Å². The summed E-state index contributed by atoms with van der Waals surface area (Å²) < 4.78 is 0. The van der Waals surface area contributed by atoms with Gasteiger partial charge in [-0.1, -0.05) is 30.3 Å². The summed E-state index contributed by atoms with van der Waals surface area (Å²) in [5, 5.41) is 3.00. The van der Waals surface area contributed by atoms with Gasteiger partial charge in [0.05, 0.1) is 0 Å². The molecule has 2 aromatic carbocycles. The van der Waals surface area contributed by atoms with Crippen molar-refractivity contribution in [1.29, 1.82) is 0 Å². The lowest BCUT2D eigenvalue weighted by Crippen LogP contribution is -2.36. The number of rotatable bonds is 7. The molecule has 1 saturated heterocycles. The Morgan fingerprint density at radius 3 is 2.33 bits per heavy atom. The largest absolute Gasteiger partial charge is 0.378 e. The van der Waals surface area contributed by atoms with Crippen LogP contribution in [0.2, 0.25) is 0 Å². The molecule has 0 radical (unpaired) electrons. The average Bonchev–Trinajstić information content (AvgIpc) is 2.69. The zero-order valence-electron chi connectivity index (χ0n) is 16.5. The van der Waals surface area contributed by atoms with Crippen LogP contribution >= 0.6 is 0 Å². The van der Waals surface area contributed by atoms with E-state index in [9.17, 15) is 4.79 Å². The van der Waals surface area contributed by atoms with Crippen LogP contribution in [-0.4, -0.2) is 44.5 Å². The summed E-state index contributed by atoms with van der Waals surface area (Å²) in [4.78, 5) is 16.7. The highest BCUT2D eigenvalue weighted by atomic mass is 16.1. The maximum atomic E-state index is 12.2. The number of piperidine rings is 1. The molecule has 1 amide bonds. The van der Waals surface area contributed by atoms with E-state index in [4.69, 9.17) is 0 Å². The predicted octanol–water partition coefficient (Wildman–Crippen LogP) is 4.04. The van der Waals surface area contributed by atoms with E-state index in [-0.39, 0.29) is 5.91 Å². The van der Waals surface area contributed by atoms with E-state index in [1.165, 1.54) is 24.8 Å². The van der Waals surface area contributed by atoms with Crippen LogP contribution in [0.5, 0.6) is 0 Å². The molecule has 0 bridgehead atoms. The average molecular weight is 366 g/mol. The first-order chi connectivity index (χ1) is 13.1. The van der Waals surface area contributed by atoms with Crippen molar-refractivity contribution < 1.29 is 4.79 Å². The number of carbonyl (C=O) groups is 1. The fraction of sp³-hybridized carbons (Fsp3) is 0.435. The first-order valence-electron chi connectivity index (χ1n) is 9.93. The van der Waals surface area contributed by atoms with Crippen molar-refractivity contribution in [3.63, 3.8) is 0 Å². The minimum absolute atomic E-state index is 0.0963. The lowest BCUT2D eigenvalue weighted by molar-refractivity contribution is -0.116. The Labute approximate surface area is 163 Å². The molecule has 144 valence electrons. The van der Waals surface area contributed by atoms with Crippen LogP contribution < -0.4 is 10.2 Å². The van der Waals surface area contributed by atoms with Gasteiger partial charge >= 0.3 is 0 Å². The van der Waals surface area contributed by atoms with Gasteiger partial charge in [-0.25, -0.2) is 0 Å². The summed E-state index contributed by atoms with van der Waals surface area (Å²) in [6.45, 7) is 3.05. The van der Waals surface area contributed by atoms with Crippen LogP contribution in [0.3, 0.4) is 0 Å². The zero-order chi connectivity index (χ0) is 19.1. The van der Waals surface area contributed by atoms with Gasteiger partial charge in [0.15, 0.2) is 0 Å². The van der Waals surface area contributed by atoms with Gasteiger partial charge in [-0.3, -0.25) is 4.79 Å². The molecule has 3 rings (SSSR count). The van der Waals surface area contributed by atoms with Gasteiger partial charge in [-0.2, -0.15) is 0 Å². The molecule has 1 aliphatic heterocycles. The molecule has 0 atom stereocenters. The van der Waals surface area contributed by atoms with E-state index >= 15 is 0 Å². The Morgan fingerprint density at radius 2 is 1.70 bits per heavy atom. The Bertz CT molecular complexity index is 704. The van der Waals surface area contributed by atoms with Crippen molar-refractivity contribution in [1.82, 2.24) is 4.90 Å². The molecule has 1 aliphatic rings. The van der Waals surface area contributed by atoms with Gasteiger partial charge in [0.2, 0.25) is 5.91 Å². The third-order valence-corrected chi connectivity index (χ3v) is 5.40. The molecule has 1 fully saturated rings. The highest BCUT2D eigenvalue weighted by molar-refractivity contribution is 5.91. The minimum Gasteiger partial charge on any atom is -0.378 e. The van der Waals surface area contributed by atoms with E-state index < -0.39 is 0 Å². The molecule has 0 aromatic heterocycles. The summed E-state index contributed by atoms with van der Waals surface area (Å²) in [5.74, 6) is 0.867. The summed E-state index contributed by atoms with van der Waals surface area (Å²) >= 11 is 0. The van der Waals surface area contributed by atoms with Crippen LogP contribution in [0.25, 0.3) is 0 Å². The zero-order valence-corrected chi connectivity index (χ0v) is 16.5. The van der Waals surface area contributed by atoms with E-state index in [1.54, 1.807) is 0 Å². The quantitative estimate of drug-likeness (QED) is 0.804. The first kappa shape index (κ1) is 19.4. The molecule has 27 heavy (non-hydrogen) atoms. The van der Waals surface area contributed by atoms with Crippen molar-refractivity contribution in [2.75, 3.05) is 43.9 Å². The number of anilines is 2. The van der Waals surface area contributed by atoms with Crippen LogP contribution in [-0.2, 0) is 11.2 Å². The number of nitrogens with zero attached hydrogens (tertiary/aromatic N) is 2. The molecule has 4 heteroatoms. The number of benzene rings is 2. The highest BCUT2D eigenvalue weighted by Gasteiger charge is 2.19. The smallest absolute Gasteiger partial charge is 0.225 e. The van der Waals surface area contributed by atoms with E-state index in [1.807, 2.05) is 43.3 Å². The number of hydrogen-bond donors (Lipinski definition) is 1. The summed E-state index contributed by atoms with van der Waals surface area (Å²) in [5.41, 5.74) is 3.44. The van der Waals surface area contributed by atoms with E-state index in [0.29, 0.717) is 6.42 Å². The van der Waals surface area contributed by atoms with Gasteiger partial charge in [-0.15, -0.1) is 0 Å². The lowest BCUT2D eigenvalue weighted by atomic mass is 9.90. The Morgan fingerprint density at radius 1 is 1.04 bits per heavy atom. The molecular weight excluding hydrogens is 334 g/mol. The maximum absolute atomic E-state index is 12.2. The Balaban J connectivity index is 1.36. The van der Waals surface area contributed by atoms with Gasteiger partial charge < -0.3 is 15.1 Å². The summed E-state index contributed by atoms with van der Waals surface area (Å²) in [6.07, 6.45) is 4.18. The van der Waals surface area contributed by atoms with Crippen molar-refractivity contribution in [2.45, 2.75) is 25.7 Å². The summed E-state index contributed by atoms with van der Waals surface area (Å²) in [7, 11) is 4.02. The van der Waals surface area contributed by atoms with Crippen LogP contribution in [0.4, 0.5) is 11.4 Å². The van der Waals surface area contributed by atoms with E-state index in [0.717, 1.165) is 36.9 Å². The van der Waals surface area contributed by atoms with Crippen LogP contribution in [0.15, 0.2) is 54.6 Å². The normalized spacial score (nSPS) is 15.5. The third-order valence-electron chi connectivity index (χ3n) is 5.40. The van der Waals surface area contributed by atoms with Crippen molar-refractivity contribution >= 4 is 17.3 Å². The number of likely N-dealkylation sites (tertiary alicyclic amines) is 1. The van der Waals surface area contributed by atoms with Crippen molar-refractivity contribution in [3.8, 4) is 0 Å². The lowest BCUT2D eigenvalue weighted by Gasteiger charge is -2.31. The fourth-order valence-corrected chi connectivity index (χ4v) is 3.69. The number of amides is 1. The first-order valence-corrected chi connectivity index (χ1v) is 9.93. The molecule has 2 aromatic rings. The second kappa shape index (κ2) is 9.56. The third kappa shape index (κ3) is 6.10. The second-order valence-electron chi connectivity index (χ2n) is 7.71. The van der Waals surface area contributed by atoms with Crippen LogP contribution in [0, 0.1) is 5.92 Å². The molecular formula is C23H31N3O. The molecule has 0 spiro atoms. The van der Waals surface area contributed by atoms with Gasteiger partial charge in [0.25, 0.3) is 0 Å². The number of hydrogen-bond acceptors (Lipinski definition) is 3. The molecule has 0 unspecified atom stereocenters. The minimum atomic E-state index is 0.0963. The fourth-order valence-electron chi connectivity index (χ4n) is 3.69. The second-order valence-corrected chi connectivity index (χ2v) is 7.71. The highest BCUT2D eigenvalue weighted by Crippen LogP contribution is 2.22. The van der Waals surface area contributed by atoms with Gasteiger partial charge in [0.1, 0.15) is 0 Å². The molecule has 0 aliphatic carbocycles. The van der Waals surface area contributed by atoms with E-state index in [2.05, 4.69) is 40.5 Å². The molecule has 1 heterocycles. The Hall–Kier alpha value is -2.33. The Kier molecular flexibility index (Phi) is 6.88. The van der Waals surface area contributed by atoms with Crippen LogP contribution in [0.1, 0.15) is 24.8 Å². The van der Waals surface area contributed by atoms with Crippen molar-refractivity contribution in [2.24, 2.45) is 5.92 Å². The molecule has 0 saturated carbocycles. The molecule has 4 nitrogen and oxygen atoms in total. The summed E-state index contributed by atoms with van der Waals surface area (Å²) in [6, 6.07) is 18.7. The van der Waals surface area contributed by atoms with Gasteiger partial charge in [0, 0.05) is 38.4 Å². The SMILES string of the molecule is CN(C)c1ccc(NC(=O)CCN2CCC(Cc3ccccc3)CC2)cc1. The monoisotopic (exact) mass is 365 g/mol.